The number of carbonyl (C=O) groups excluding carboxylic acids is 1. The highest BCUT2D eigenvalue weighted by molar-refractivity contribution is 5.77. The Labute approximate surface area is 143 Å². The largest absolute Gasteiger partial charge is 0.369 e. The van der Waals surface area contributed by atoms with E-state index in [1.807, 2.05) is 6.07 Å². The number of amides is 1. The summed E-state index contributed by atoms with van der Waals surface area (Å²) in [5.41, 5.74) is 7.29. The topological polar surface area (TPSA) is 96.2 Å². The van der Waals surface area contributed by atoms with E-state index < -0.39 is 11.8 Å². The Morgan fingerprint density at radius 2 is 2.08 bits per heavy atom. The van der Waals surface area contributed by atoms with Gasteiger partial charge in [0.05, 0.1) is 5.92 Å². The number of nitriles is 1. The smallest absolute Gasteiger partial charge is 0.222 e. The second kappa shape index (κ2) is 7.01. The maximum Gasteiger partial charge on any atom is 0.222 e. The minimum Gasteiger partial charge on any atom is -0.369 e. The lowest BCUT2D eigenvalue weighted by Crippen LogP contribution is -2.31. The molecule has 7 heteroatoms. The van der Waals surface area contributed by atoms with E-state index in [1.165, 1.54) is 12.1 Å². The number of nitrogens with zero attached hydrogens (tertiary/aromatic N) is 3. The normalized spacial score (nSPS) is 11.8. The van der Waals surface area contributed by atoms with Crippen LogP contribution in [0.2, 0.25) is 0 Å². The number of anilines is 1. The highest BCUT2D eigenvalue weighted by Crippen LogP contribution is 2.18. The molecule has 3 rings (SSSR count). The zero-order valence-electron chi connectivity index (χ0n) is 13.3. The first-order valence-electron chi connectivity index (χ1n) is 7.73. The van der Waals surface area contributed by atoms with E-state index in [9.17, 15) is 14.4 Å². The van der Waals surface area contributed by atoms with Crippen LogP contribution in [0.15, 0.2) is 48.7 Å². The summed E-state index contributed by atoms with van der Waals surface area (Å²) in [6.07, 6.45) is 2.12. The maximum absolute atomic E-state index is 13.0. The van der Waals surface area contributed by atoms with Gasteiger partial charge in [0, 0.05) is 12.7 Å². The second-order valence-corrected chi connectivity index (χ2v) is 5.66. The van der Waals surface area contributed by atoms with Gasteiger partial charge in [0.1, 0.15) is 17.5 Å². The molecule has 0 unspecified atom stereocenters. The van der Waals surface area contributed by atoms with E-state index in [2.05, 4.69) is 16.4 Å². The van der Waals surface area contributed by atoms with E-state index in [0.717, 1.165) is 5.56 Å². The number of halogens is 1. The molecule has 0 spiro atoms. The third-order valence-corrected chi connectivity index (χ3v) is 3.95. The Balaban J connectivity index is 1.77. The van der Waals surface area contributed by atoms with Crippen LogP contribution in [0.3, 0.4) is 0 Å². The molecule has 3 N–H and O–H groups in total. The fraction of sp³-hybridized carbons (Fsp3) is 0.167. The van der Waals surface area contributed by atoms with Crippen LogP contribution in [0.5, 0.6) is 0 Å². The molecule has 2 heterocycles. The molecule has 0 fully saturated rings. The summed E-state index contributed by atoms with van der Waals surface area (Å²) in [7, 11) is 0. The molecule has 25 heavy (non-hydrogen) atoms. The number of rotatable bonds is 6. The van der Waals surface area contributed by atoms with Crippen molar-refractivity contribution < 1.29 is 9.18 Å². The molecule has 0 aliphatic rings. The van der Waals surface area contributed by atoms with Crippen molar-refractivity contribution in [3.63, 3.8) is 0 Å². The van der Waals surface area contributed by atoms with E-state index in [1.54, 1.807) is 34.9 Å². The first-order chi connectivity index (χ1) is 12.1. The molecule has 126 valence electrons. The fourth-order valence-corrected chi connectivity index (χ4v) is 2.62. The number of fused-ring (bicyclic) bond motifs is 1. The lowest BCUT2D eigenvalue weighted by molar-refractivity contribution is -0.121. The summed E-state index contributed by atoms with van der Waals surface area (Å²) in [5.74, 6) is -0.916. The number of primary amides is 1. The average Bonchev–Trinajstić information content (AvgIpc) is 2.97. The molecule has 0 aliphatic heterocycles. The number of pyridine rings is 1. The quantitative estimate of drug-likeness (QED) is 0.720. The maximum atomic E-state index is 13.0. The third-order valence-electron chi connectivity index (χ3n) is 3.95. The van der Waals surface area contributed by atoms with Crippen LogP contribution in [-0.2, 0) is 11.2 Å². The highest BCUT2D eigenvalue weighted by Gasteiger charge is 2.18. The monoisotopic (exact) mass is 337 g/mol. The molecule has 1 atom stereocenters. The van der Waals surface area contributed by atoms with Crippen molar-refractivity contribution in [1.29, 1.82) is 5.26 Å². The van der Waals surface area contributed by atoms with Crippen LogP contribution >= 0.6 is 0 Å². The van der Waals surface area contributed by atoms with Gasteiger partial charge in [-0.05, 0) is 36.2 Å². The Morgan fingerprint density at radius 3 is 2.76 bits per heavy atom. The first-order valence-corrected chi connectivity index (χ1v) is 7.73. The molecule has 1 amide bonds. The molecular formula is C18H16FN5O. The minimum atomic E-state index is -0.512. The first kappa shape index (κ1) is 16.5. The van der Waals surface area contributed by atoms with Crippen LogP contribution in [0.4, 0.5) is 10.2 Å². The Morgan fingerprint density at radius 1 is 1.32 bits per heavy atom. The standard InChI is InChI=1S/C18H16FN5O/c19-14-6-4-12(5-7-14)9-13(17(21)25)11-22-18-15(10-20)24-8-2-1-3-16(24)23-18/h1-8,13,22H,9,11H2,(H2,21,25)/t13-/m0/s1. The van der Waals surface area contributed by atoms with Crippen LogP contribution < -0.4 is 11.1 Å². The predicted octanol–water partition coefficient (Wildman–Crippen LogP) is 2.10. The number of carbonyl (C=O) groups is 1. The Bertz CT molecular complexity index is 942. The summed E-state index contributed by atoms with van der Waals surface area (Å²) in [6, 6.07) is 13.5. The van der Waals surface area contributed by atoms with Crippen molar-refractivity contribution in [1.82, 2.24) is 9.38 Å². The average molecular weight is 337 g/mol. The van der Waals surface area contributed by atoms with Crippen molar-refractivity contribution in [3.05, 3.63) is 65.7 Å². The summed E-state index contributed by atoms with van der Waals surface area (Å²) in [4.78, 5) is 16.1. The zero-order valence-corrected chi connectivity index (χ0v) is 13.3. The van der Waals surface area contributed by atoms with Gasteiger partial charge in [-0.25, -0.2) is 9.37 Å². The molecule has 0 bridgehead atoms. The number of nitrogens with one attached hydrogen (secondary N) is 1. The van der Waals surface area contributed by atoms with Gasteiger partial charge in [0.15, 0.2) is 11.5 Å². The van der Waals surface area contributed by atoms with Crippen LogP contribution in [-0.4, -0.2) is 21.8 Å². The van der Waals surface area contributed by atoms with Gasteiger partial charge in [0.2, 0.25) is 5.91 Å². The van der Waals surface area contributed by atoms with Gasteiger partial charge < -0.3 is 11.1 Å². The summed E-state index contributed by atoms with van der Waals surface area (Å²) < 4.78 is 14.7. The molecule has 0 saturated heterocycles. The van der Waals surface area contributed by atoms with E-state index in [-0.39, 0.29) is 12.4 Å². The molecular weight excluding hydrogens is 321 g/mol. The van der Waals surface area contributed by atoms with Crippen molar-refractivity contribution >= 4 is 17.4 Å². The molecule has 2 aromatic heterocycles. The molecule has 1 aromatic carbocycles. The van der Waals surface area contributed by atoms with Crippen molar-refractivity contribution in [2.75, 3.05) is 11.9 Å². The van der Waals surface area contributed by atoms with Crippen LogP contribution in [0.25, 0.3) is 5.65 Å². The van der Waals surface area contributed by atoms with Crippen molar-refractivity contribution in [2.24, 2.45) is 11.7 Å². The van der Waals surface area contributed by atoms with E-state index in [4.69, 9.17) is 5.73 Å². The second-order valence-electron chi connectivity index (χ2n) is 5.66. The minimum absolute atomic E-state index is 0.227. The van der Waals surface area contributed by atoms with Crippen LogP contribution in [0.1, 0.15) is 11.3 Å². The number of hydrogen-bond donors (Lipinski definition) is 2. The molecule has 0 saturated carbocycles. The summed E-state index contributed by atoms with van der Waals surface area (Å²) in [5, 5.41) is 12.4. The van der Waals surface area contributed by atoms with Crippen molar-refractivity contribution in [2.45, 2.75) is 6.42 Å². The van der Waals surface area contributed by atoms with Crippen LogP contribution in [0, 0.1) is 23.1 Å². The van der Waals surface area contributed by atoms with Gasteiger partial charge in [-0.3, -0.25) is 9.20 Å². The summed E-state index contributed by atoms with van der Waals surface area (Å²) in [6.45, 7) is 0.227. The van der Waals surface area contributed by atoms with Gasteiger partial charge in [-0.15, -0.1) is 0 Å². The number of imidazole rings is 1. The van der Waals surface area contributed by atoms with E-state index in [0.29, 0.717) is 23.6 Å². The van der Waals surface area contributed by atoms with Gasteiger partial charge in [-0.1, -0.05) is 18.2 Å². The highest BCUT2D eigenvalue weighted by atomic mass is 19.1. The number of hydrogen-bond acceptors (Lipinski definition) is 4. The molecule has 6 nitrogen and oxygen atoms in total. The zero-order chi connectivity index (χ0) is 17.8. The van der Waals surface area contributed by atoms with Crippen molar-refractivity contribution in [3.8, 4) is 6.07 Å². The Kier molecular flexibility index (Phi) is 4.61. The van der Waals surface area contributed by atoms with Gasteiger partial charge in [0.25, 0.3) is 0 Å². The lowest BCUT2D eigenvalue weighted by Gasteiger charge is -2.14. The van der Waals surface area contributed by atoms with E-state index >= 15 is 0 Å². The number of nitrogens with two attached hydrogens (primary N) is 1. The summed E-state index contributed by atoms with van der Waals surface area (Å²) >= 11 is 0. The number of aromatic nitrogens is 2. The Hall–Kier alpha value is -3.40. The van der Waals surface area contributed by atoms with Gasteiger partial charge in [-0.2, -0.15) is 5.26 Å². The molecule has 0 aliphatic carbocycles. The molecule has 3 aromatic rings. The third kappa shape index (κ3) is 3.58. The lowest BCUT2D eigenvalue weighted by atomic mass is 9.98. The fourth-order valence-electron chi connectivity index (χ4n) is 2.62. The molecule has 0 radical (unpaired) electrons. The van der Waals surface area contributed by atoms with Gasteiger partial charge >= 0.3 is 0 Å². The predicted molar refractivity (Wildman–Crippen MR) is 91.2 cm³/mol. The SMILES string of the molecule is N#Cc1c(NC[C@H](Cc2ccc(F)cc2)C(N)=O)nc2ccccn12. The number of benzene rings is 1.